The van der Waals surface area contributed by atoms with E-state index in [1.54, 1.807) is 33.0 Å². The molecular formula is C32H53N5O4. The Labute approximate surface area is 246 Å². The van der Waals surface area contributed by atoms with E-state index < -0.39 is 23.2 Å². The van der Waals surface area contributed by atoms with E-state index in [0.29, 0.717) is 18.8 Å². The van der Waals surface area contributed by atoms with Gasteiger partial charge in [-0.25, -0.2) is 9.78 Å². The number of nitrogens with two attached hydrogens (primary N) is 1. The molecule has 0 aliphatic heterocycles. The van der Waals surface area contributed by atoms with Gasteiger partial charge in [-0.3, -0.25) is 9.59 Å². The number of pyridine rings is 1. The maximum absolute atomic E-state index is 14.4. The Balaban J connectivity index is 1.88. The maximum atomic E-state index is 14.4. The topological polar surface area (TPSA) is 135 Å². The molecule has 2 atom stereocenters. The number of carbonyl (C=O) groups excluding carboxylic acids is 3. The molecule has 41 heavy (non-hydrogen) atoms. The second-order valence-corrected chi connectivity index (χ2v) is 13.2. The summed E-state index contributed by atoms with van der Waals surface area (Å²) in [7, 11) is 0. The zero-order valence-electron chi connectivity index (χ0n) is 25.9. The molecule has 0 unspecified atom stereocenters. The molecule has 230 valence electrons. The Kier molecular flexibility index (Phi) is 11.9. The van der Waals surface area contributed by atoms with Crippen LogP contribution in [0.3, 0.4) is 0 Å². The fourth-order valence-electron chi connectivity index (χ4n) is 6.68. The Hall–Kier alpha value is -2.84. The van der Waals surface area contributed by atoms with Crippen LogP contribution in [0.5, 0.6) is 0 Å². The van der Waals surface area contributed by atoms with Crippen molar-refractivity contribution in [1.29, 1.82) is 0 Å². The minimum atomic E-state index is -0.755. The summed E-state index contributed by atoms with van der Waals surface area (Å²) >= 11 is 0. The molecule has 1 aromatic rings. The Morgan fingerprint density at radius 1 is 0.976 bits per heavy atom. The second kappa shape index (κ2) is 14.9. The van der Waals surface area contributed by atoms with Crippen molar-refractivity contribution in [2.24, 2.45) is 23.2 Å². The van der Waals surface area contributed by atoms with Crippen LogP contribution in [0.15, 0.2) is 18.3 Å². The first-order valence-corrected chi connectivity index (χ1v) is 15.7. The Morgan fingerprint density at radius 2 is 1.56 bits per heavy atom. The fraction of sp³-hybridized carbons (Fsp3) is 0.750. The summed E-state index contributed by atoms with van der Waals surface area (Å²) in [6, 6.07) is 2.87. The molecule has 9 nitrogen and oxygen atoms in total. The minimum Gasteiger partial charge on any atom is -0.444 e. The van der Waals surface area contributed by atoms with Gasteiger partial charge in [0.2, 0.25) is 11.8 Å². The lowest BCUT2D eigenvalue weighted by molar-refractivity contribution is -0.142. The summed E-state index contributed by atoms with van der Waals surface area (Å²) in [6.07, 6.45) is 12.4. The average molecular weight is 572 g/mol. The lowest BCUT2D eigenvalue weighted by Gasteiger charge is -2.48. The first kappa shape index (κ1) is 32.7. The van der Waals surface area contributed by atoms with Crippen molar-refractivity contribution in [3.8, 4) is 0 Å². The quantitative estimate of drug-likeness (QED) is 0.278. The van der Waals surface area contributed by atoms with Crippen LogP contribution in [0.4, 0.5) is 10.6 Å². The second-order valence-electron chi connectivity index (χ2n) is 13.2. The zero-order valence-corrected chi connectivity index (χ0v) is 25.9. The zero-order chi connectivity index (χ0) is 30.0. The highest BCUT2D eigenvalue weighted by molar-refractivity contribution is 5.88. The van der Waals surface area contributed by atoms with E-state index in [-0.39, 0.29) is 36.1 Å². The highest BCUT2D eigenvalue weighted by atomic mass is 16.6. The summed E-state index contributed by atoms with van der Waals surface area (Å²) in [6.45, 7) is 9.96. The Bertz CT molecular complexity index is 976. The van der Waals surface area contributed by atoms with Crippen LogP contribution >= 0.6 is 0 Å². The standard InChI is InChI=1S/C32H53N5O4/c1-6-22(2)27(37-30(40)41-31(3,4)5)28(38)36-21-32(24-13-9-7-10-14-24,25-15-11-8-12-16-25)29(39)35-20-23-17-18-26(33)34-19-23/h17-19,22,24-25,27H,6-16,20-21H2,1-5H3,(H2,33,34)(H,35,39)(H,36,38)(H,37,40)/t22-,27+/m0/s1. The molecule has 5 N–H and O–H groups in total. The minimum absolute atomic E-state index is 0.00798. The maximum Gasteiger partial charge on any atom is 0.408 e. The number of amides is 3. The number of hydrogen-bond donors (Lipinski definition) is 4. The fourth-order valence-corrected chi connectivity index (χ4v) is 6.68. The first-order valence-electron chi connectivity index (χ1n) is 15.7. The van der Waals surface area contributed by atoms with E-state index in [1.165, 1.54) is 12.8 Å². The molecule has 1 aromatic heterocycles. The number of hydrogen-bond acceptors (Lipinski definition) is 6. The largest absolute Gasteiger partial charge is 0.444 e. The number of ether oxygens (including phenoxy) is 1. The number of nitrogens with one attached hydrogen (secondary N) is 3. The van der Waals surface area contributed by atoms with Gasteiger partial charge in [0.15, 0.2) is 0 Å². The summed E-state index contributed by atoms with van der Waals surface area (Å²) in [5.74, 6) is 0.450. The summed E-state index contributed by atoms with van der Waals surface area (Å²) in [4.78, 5) is 45.0. The van der Waals surface area contributed by atoms with Gasteiger partial charge in [-0.2, -0.15) is 0 Å². The van der Waals surface area contributed by atoms with Gasteiger partial charge in [-0.15, -0.1) is 0 Å². The molecular weight excluding hydrogens is 518 g/mol. The summed E-state index contributed by atoms with van der Waals surface area (Å²) in [5.41, 5.74) is 5.25. The van der Waals surface area contributed by atoms with Crippen molar-refractivity contribution in [3.05, 3.63) is 23.9 Å². The van der Waals surface area contributed by atoms with E-state index in [9.17, 15) is 14.4 Å². The predicted molar refractivity (Wildman–Crippen MR) is 162 cm³/mol. The molecule has 2 aliphatic rings. The van der Waals surface area contributed by atoms with Crippen LogP contribution in [0.2, 0.25) is 0 Å². The molecule has 3 amide bonds. The number of nitrogens with zero attached hydrogens (tertiary/aromatic N) is 1. The van der Waals surface area contributed by atoms with Gasteiger partial charge in [-0.1, -0.05) is 64.9 Å². The van der Waals surface area contributed by atoms with Crippen molar-refractivity contribution in [3.63, 3.8) is 0 Å². The number of alkyl carbamates (subject to hydrolysis) is 1. The van der Waals surface area contributed by atoms with Crippen LogP contribution in [0, 0.1) is 23.2 Å². The summed E-state index contributed by atoms with van der Waals surface area (Å²) < 4.78 is 5.46. The molecule has 0 aromatic carbocycles. The molecule has 0 radical (unpaired) electrons. The van der Waals surface area contributed by atoms with Crippen molar-refractivity contribution < 1.29 is 19.1 Å². The van der Waals surface area contributed by atoms with Gasteiger partial charge in [0.05, 0.1) is 5.41 Å². The van der Waals surface area contributed by atoms with E-state index in [0.717, 1.165) is 56.9 Å². The number of rotatable bonds is 11. The number of aromatic nitrogens is 1. The van der Waals surface area contributed by atoms with Crippen LogP contribution in [0.25, 0.3) is 0 Å². The summed E-state index contributed by atoms with van der Waals surface area (Å²) in [5, 5.41) is 9.24. The average Bonchev–Trinajstić information content (AvgIpc) is 2.95. The number of nitrogen functional groups attached to an aromatic ring is 1. The lowest BCUT2D eigenvalue weighted by atomic mass is 9.58. The SMILES string of the molecule is CC[C@H](C)[C@@H](NC(=O)OC(C)(C)C)C(=O)NCC(C(=O)NCc1ccc(N)nc1)(C1CCCCC1)C1CCCCC1. The third-order valence-corrected chi connectivity index (χ3v) is 9.11. The van der Waals surface area contributed by atoms with Crippen molar-refractivity contribution in [1.82, 2.24) is 20.9 Å². The molecule has 3 rings (SSSR count). The van der Waals surface area contributed by atoms with E-state index in [1.807, 2.05) is 19.9 Å². The third-order valence-electron chi connectivity index (χ3n) is 9.11. The normalized spacial score (nSPS) is 18.7. The van der Waals surface area contributed by atoms with Gasteiger partial charge in [0.1, 0.15) is 17.5 Å². The van der Waals surface area contributed by atoms with Crippen LogP contribution in [-0.2, 0) is 20.9 Å². The van der Waals surface area contributed by atoms with Gasteiger partial charge >= 0.3 is 6.09 Å². The molecule has 2 aliphatic carbocycles. The molecule has 2 saturated carbocycles. The van der Waals surface area contributed by atoms with E-state index >= 15 is 0 Å². The first-order chi connectivity index (χ1) is 19.5. The van der Waals surface area contributed by atoms with E-state index in [2.05, 4.69) is 20.9 Å². The highest BCUT2D eigenvalue weighted by Crippen LogP contribution is 2.49. The van der Waals surface area contributed by atoms with E-state index in [4.69, 9.17) is 10.5 Å². The molecule has 0 spiro atoms. The van der Waals surface area contributed by atoms with Crippen molar-refractivity contribution in [2.75, 3.05) is 12.3 Å². The lowest BCUT2D eigenvalue weighted by Crippen LogP contribution is -2.59. The van der Waals surface area contributed by atoms with Crippen LogP contribution in [-0.4, -0.2) is 41.1 Å². The Morgan fingerprint density at radius 3 is 2.05 bits per heavy atom. The molecule has 0 bridgehead atoms. The van der Waals surface area contributed by atoms with Gasteiger partial charge in [0.25, 0.3) is 0 Å². The van der Waals surface area contributed by atoms with Crippen molar-refractivity contribution in [2.45, 2.75) is 123 Å². The third kappa shape index (κ3) is 9.07. The molecule has 0 saturated heterocycles. The van der Waals surface area contributed by atoms with Crippen LogP contribution < -0.4 is 21.7 Å². The molecule has 1 heterocycles. The number of carbonyl (C=O) groups is 3. The molecule has 2 fully saturated rings. The van der Waals surface area contributed by atoms with Gasteiger partial charge in [-0.05, 0) is 75.8 Å². The van der Waals surface area contributed by atoms with Crippen molar-refractivity contribution >= 4 is 23.7 Å². The van der Waals surface area contributed by atoms with Gasteiger partial charge in [0, 0.05) is 19.3 Å². The van der Waals surface area contributed by atoms with Crippen LogP contribution in [0.1, 0.15) is 111 Å². The number of anilines is 1. The predicted octanol–water partition coefficient (Wildman–Crippen LogP) is 5.48. The monoisotopic (exact) mass is 571 g/mol. The smallest absolute Gasteiger partial charge is 0.408 e. The highest BCUT2D eigenvalue weighted by Gasteiger charge is 2.51. The molecule has 9 heteroatoms. The van der Waals surface area contributed by atoms with Gasteiger partial charge < -0.3 is 26.4 Å².